The number of nitrogens with one attached hydrogen (secondary N) is 1. The summed E-state index contributed by atoms with van der Waals surface area (Å²) in [6.07, 6.45) is 6.29. The Bertz CT molecular complexity index is 490. The third kappa shape index (κ3) is 4.44. The smallest absolute Gasteiger partial charge is 0.0640 e. The average molecular weight is 292 g/mol. The Kier molecular flexibility index (Phi) is 5.76. The minimum atomic E-state index is 0.297. The molecule has 2 aromatic rings. The fourth-order valence-electron chi connectivity index (χ4n) is 2.25. The predicted molar refractivity (Wildman–Crippen MR) is 84.7 cm³/mol. The number of nitrogens with zero attached hydrogens (tertiary/aromatic N) is 2. The second kappa shape index (κ2) is 7.57. The van der Waals surface area contributed by atoms with Crippen molar-refractivity contribution in [3.8, 4) is 0 Å². The van der Waals surface area contributed by atoms with Gasteiger partial charge >= 0.3 is 0 Å². The summed E-state index contributed by atoms with van der Waals surface area (Å²) in [4.78, 5) is 1.45. The molecule has 1 atom stereocenters. The molecule has 2 rings (SSSR count). The number of hydrogen-bond donors (Lipinski definition) is 2. The first kappa shape index (κ1) is 15.2. The van der Waals surface area contributed by atoms with Crippen LogP contribution in [-0.2, 0) is 12.8 Å². The number of rotatable bonds is 8. The summed E-state index contributed by atoms with van der Waals surface area (Å²) < 4.78 is 1.99. The first-order valence-corrected chi connectivity index (χ1v) is 8.09. The number of nitrogens with two attached hydrogens (primary N) is 1. The largest absolute Gasteiger partial charge is 0.271 e. The zero-order valence-corrected chi connectivity index (χ0v) is 13.1. The van der Waals surface area contributed by atoms with Gasteiger partial charge in [0.05, 0.1) is 5.69 Å². The van der Waals surface area contributed by atoms with Crippen molar-refractivity contribution in [3.05, 3.63) is 40.3 Å². The molecule has 0 saturated carbocycles. The summed E-state index contributed by atoms with van der Waals surface area (Å²) >= 11 is 1.83. The fraction of sp³-hybridized carbons (Fsp3) is 0.533. The molecule has 0 bridgehead atoms. The van der Waals surface area contributed by atoms with Crippen molar-refractivity contribution in [2.45, 2.75) is 51.6 Å². The Hall–Kier alpha value is -1.17. The summed E-state index contributed by atoms with van der Waals surface area (Å²) in [6, 6.07) is 7.10. The van der Waals surface area contributed by atoms with Gasteiger partial charge in [-0.15, -0.1) is 11.3 Å². The summed E-state index contributed by atoms with van der Waals surface area (Å²) in [5, 5.41) is 6.71. The van der Waals surface area contributed by atoms with Gasteiger partial charge in [-0.2, -0.15) is 5.10 Å². The summed E-state index contributed by atoms with van der Waals surface area (Å²) in [7, 11) is 0. The molecule has 0 saturated heterocycles. The van der Waals surface area contributed by atoms with Crippen LogP contribution < -0.4 is 11.3 Å². The van der Waals surface area contributed by atoms with Gasteiger partial charge in [0, 0.05) is 29.6 Å². The normalized spacial score (nSPS) is 13.0. The molecule has 2 heterocycles. The molecule has 0 spiro atoms. The zero-order valence-electron chi connectivity index (χ0n) is 12.2. The van der Waals surface area contributed by atoms with Gasteiger partial charge in [-0.3, -0.25) is 16.0 Å². The number of aryl methyl sites for hydroxylation is 1. The molecule has 1 unspecified atom stereocenters. The van der Waals surface area contributed by atoms with E-state index in [1.165, 1.54) is 4.88 Å². The first-order chi connectivity index (χ1) is 9.69. The number of thiophene rings is 1. The van der Waals surface area contributed by atoms with Crippen LogP contribution in [0.3, 0.4) is 0 Å². The van der Waals surface area contributed by atoms with Crippen LogP contribution in [0, 0.1) is 0 Å². The van der Waals surface area contributed by atoms with E-state index in [9.17, 15) is 0 Å². The number of aromatic nitrogens is 2. The van der Waals surface area contributed by atoms with E-state index in [0.29, 0.717) is 12.1 Å². The zero-order chi connectivity index (χ0) is 14.4. The van der Waals surface area contributed by atoms with Gasteiger partial charge in [-0.05, 0) is 50.6 Å². The Balaban J connectivity index is 1.79. The lowest BCUT2D eigenvalue weighted by molar-refractivity contribution is 0.464. The highest BCUT2D eigenvalue weighted by Gasteiger charge is 2.10. The highest BCUT2D eigenvalue weighted by Crippen LogP contribution is 2.14. The van der Waals surface area contributed by atoms with E-state index in [1.54, 1.807) is 0 Å². The van der Waals surface area contributed by atoms with E-state index < -0.39 is 0 Å². The Morgan fingerprint density at radius 2 is 2.25 bits per heavy atom. The standard InChI is InChI=1S/C15H24N4S/c1-12(2)19-9-8-14(18-19)11-13(17-16)5-3-6-15-7-4-10-20-15/h4,7-10,12-13,17H,3,5-6,11,16H2,1-2H3. The van der Waals surface area contributed by atoms with Gasteiger partial charge < -0.3 is 0 Å². The average Bonchev–Trinajstić information content (AvgIpc) is 3.08. The predicted octanol–water partition coefficient (Wildman–Crippen LogP) is 2.92. The minimum Gasteiger partial charge on any atom is -0.271 e. The summed E-state index contributed by atoms with van der Waals surface area (Å²) in [5.41, 5.74) is 4.03. The molecule has 110 valence electrons. The van der Waals surface area contributed by atoms with Crippen molar-refractivity contribution in [2.75, 3.05) is 0 Å². The minimum absolute atomic E-state index is 0.297. The SMILES string of the molecule is CC(C)n1ccc(CC(CCCc2cccs2)NN)n1. The molecule has 0 radical (unpaired) electrons. The van der Waals surface area contributed by atoms with E-state index in [1.807, 2.05) is 22.2 Å². The molecule has 20 heavy (non-hydrogen) atoms. The van der Waals surface area contributed by atoms with Crippen LogP contribution in [-0.4, -0.2) is 15.8 Å². The lowest BCUT2D eigenvalue weighted by Gasteiger charge is -2.14. The third-order valence-electron chi connectivity index (χ3n) is 3.44. The van der Waals surface area contributed by atoms with Crippen LogP contribution in [0.5, 0.6) is 0 Å². The van der Waals surface area contributed by atoms with Crippen molar-refractivity contribution >= 4 is 11.3 Å². The molecule has 5 heteroatoms. The van der Waals surface area contributed by atoms with Crippen molar-refractivity contribution in [1.82, 2.24) is 15.2 Å². The van der Waals surface area contributed by atoms with Gasteiger partial charge in [0.1, 0.15) is 0 Å². The molecule has 4 nitrogen and oxygen atoms in total. The van der Waals surface area contributed by atoms with Crippen LogP contribution in [0.4, 0.5) is 0 Å². The Morgan fingerprint density at radius 1 is 1.40 bits per heavy atom. The lowest BCUT2D eigenvalue weighted by atomic mass is 10.0. The second-order valence-corrected chi connectivity index (χ2v) is 6.45. The van der Waals surface area contributed by atoms with Crippen LogP contribution >= 0.6 is 11.3 Å². The van der Waals surface area contributed by atoms with E-state index in [4.69, 9.17) is 5.84 Å². The van der Waals surface area contributed by atoms with Crippen molar-refractivity contribution < 1.29 is 0 Å². The summed E-state index contributed by atoms with van der Waals surface area (Å²) in [5.74, 6) is 5.66. The Labute approximate surface area is 125 Å². The van der Waals surface area contributed by atoms with E-state index >= 15 is 0 Å². The molecule has 0 aliphatic heterocycles. The van der Waals surface area contributed by atoms with Crippen molar-refractivity contribution in [3.63, 3.8) is 0 Å². The second-order valence-electron chi connectivity index (χ2n) is 5.42. The fourth-order valence-corrected chi connectivity index (χ4v) is 3.00. The quantitative estimate of drug-likeness (QED) is 0.581. The molecule has 0 fully saturated rings. The number of hydrazine groups is 1. The van der Waals surface area contributed by atoms with Crippen LogP contribution in [0.15, 0.2) is 29.8 Å². The van der Waals surface area contributed by atoms with Crippen LogP contribution in [0.25, 0.3) is 0 Å². The molecule has 0 aliphatic carbocycles. The Morgan fingerprint density at radius 3 is 2.85 bits per heavy atom. The molecule has 2 aromatic heterocycles. The van der Waals surface area contributed by atoms with E-state index in [2.05, 4.69) is 48.0 Å². The van der Waals surface area contributed by atoms with Gasteiger partial charge in [-0.25, -0.2) is 0 Å². The maximum atomic E-state index is 5.66. The highest BCUT2D eigenvalue weighted by atomic mass is 32.1. The summed E-state index contributed by atoms with van der Waals surface area (Å²) in [6.45, 7) is 4.27. The third-order valence-corrected chi connectivity index (χ3v) is 4.38. The molecular formula is C15H24N4S. The van der Waals surface area contributed by atoms with Gasteiger partial charge in [0.15, 0.2) is 0 Å². The van der Waals surface area contributed by atoms with E-state index in [0.717, 1.165) is 31.4 Å². The molecular weight excluding hydrogens is 268 g/mol. The maximum Gasteiger partial charge on any atom is 0.0640 e. The lowest BCUT2D eigenvalue weighted by Crippen LogP contribution is -2.37. The topological polar surface area (TPSA) is 55.9 Å². The molecule has 3 N–H and O–H groups in total. The molecule has 0 amide bonds. The molecule has 0 aliphatic rings. The first-order valence-electron chi connectivity index (χ1n) is 7.21. The van der Waals surface area contributed by atoms with Crippen molar-refractivity contribution in [1.29, 1.82) is 0 Å². The monoisotopic (exact) mass is 292 g/mol. The van der Waals surface area contributed by atoms with Crippen LogP contribution in [0.1, 0.15) is 43.3 Å². The van der Waals surface area contributed by atoms with Gasteiger partial charge in [0.25, 0.3) is 0 Å². The maximum absolute atomic E-state index is 5.66. The van der Waals surface area contributed by atoms with Gasteiger partial charge in [-0.1, -0.05) is 6.07 Å². The number of hydrogen-bond acceptors (Lipinski definition) is 4. The molecule has 0 aromatic carbocycles. The highest BCUT2D eigenvalue weighted by molar-refractivity contribution is 7.09. The van der Waals surface area contributed by atoms with Gasteiger partial charge in [0.2, 0.25) is 0 Å². The van der Waals surface area contributed by atoms with E-state index in [-0.39, 0.29) is 0 Å². The van der Waals surface area contributed by atoms with Crippen LogP contribution in [0.2, 0.25) is 0 Å². The van der Waals surface area contributed by atoms with Crippen molar-refractivity contribution in [2.24, 2.45) is 5.84 Å².